The van der Waals surface area contributed by atoms with Gasteiger partial charge in [-0.3, -0.25) is 9.59 Å². The van der Waals surface area contributed by atoms with Crippen molar-refractivity contribution in [2.75, 3.05) is 13.2 Å². The number of carbonyl (C=O) groups is 2. The lowest BCUT2D eigenvalue weighted by molar-refractivity contribution is -0.142. The minimum atomic E-state index is -0.703. The molecule has 5 nitrogen and oxygen atoms in total. The number of amides is 2. The second-order valence-corrected chi connectivity index (χ2v) is 9.64. The van der Waals surface area contributed by atoms with E-state index in [4.69, 9.17) is 16.3 Å². The predicted molar refractivity (Wildman–Crippen MR) is 144 cm³/mol. The van der Waals surface area contributed by atoms with Crippen LogP contribution < -0.4 is 10.1 Å². The molecule has 0 aromatic heterocycles. The van der Waals surface area contributed by atoms with Crippen molar-refractivity contribution < 1.29 is 14.3 Å². The van der Waals surface area contributed by atoms with Crippen molar-refractivity contribution in [2.24, 2.45) is 0 Å². The Balaban J connectivity index is 1.89. The molecule has 1 atom stereocenters. The molecule has 1 N–H and O–H groups in total. The number of benzene rings is 3. The number of nitrogens with zero attached hydrogens (tertiary/aromatic N) is 1. The van der Waals surface area contributed by atoms with Crippen LogP contribution >= 0.6 is 27.5 Å². The van der Waals surface area contributed by atoms with Gasteiger partial charge in [-0.2, -0.15) is 0 Å². The van der Waals surface area contributed by atoms with Gasteiger partial charge in [0.25, 0.3) is 5.91 Å². The Morgan fingerprint density at radius 2 is 1.77 bits per heavy atom. The van der Waals surface area contributed by atoms with Crippen LogP contribution in [0.1, 0.15) is 30.0 Å². The Morgan fingerprint density at radius 3 is 2.46 bits per heavy atom. The molecule has 0 radical (unpaired) electrons. The summed E-state index contributed by atoms with van der Waals surface area (Å²) in [6.07, 6.45) is 1.19. The fourth-order valence-electron chi connectivity index (χ4n) is 3.69. The maximum atomic E-state index is 13.5. The highest BCUT2D eigenvalue weighted by molar-refractivity contribution is 9.10. The molecular weight excluding hydrogens is 528 g/mol. The molecule has 0 spiro atoms. The molecule has 3 rings (SSSR count). The maximum absolute atomic E-state index is 13.5. The molecule has 35 heavy (non-hydrogen) atoms. The van der Waals surface area contributed by atoms with E-state index in [9.17, 15) is 9.59 Å². The SMILES string of the molecule is CCCNC(=O)C(Cc1ccccc1)N(Cc1cccc(Cl)c1)C(=O)COc1ccc(Br)c(C)c1. The highest BCUT2D eigenvalue weighted by atomic mass is 79.9. The number of ether oxygens (including phenoxy) is 1. The van der Waals surface area contributed by atoms with Gasteiger partial charge >= 0.3 is 0 Å². The van der Waals surface area contributed by atoms with Crippen molar-refractivity contribution in [3.05, 3.63) is 99.0 Å². The predicted octanol–water partition coefficient (Wildman–Crippen LogP) is 5.96. The van der Waals surface area contributed by atoms with E-state index in [1.165, 1.54) is 0 Å². The molecule has 7 heteroatoms. The minimum Gasteiger partial charge on any atom is -0.484 e. The van der Waals surface area contributed by atoms with Gasteiger partial charge in [0.05, 0.1) is 0 Å². The van der Waals surface area contributed by atoms with E-state index in [-0.39, 0.29) is 25.0 Å². The Hall–Kier alpha value is -2.83. The molecule has 0 aliphatic heterocycles. The van der Waals surface area contributed by atoms with Gasteiger partial charge in [-0.25, -0.2) is 0 Å². The molecule has 0 fully saturated rings. The lowest BCUT2D eigenvalue weighted by Gasteiger charge is -2.31. The molecule has 0 saturated heterocycles. The second kappa shape index (κ2) is 13.3. The number of halogens is 2. The van der Waals surface area contributed by atoms with Crippen LogP contribution in [0.3, 0.4) is 0 Å². The van der Waals surface area contributed by atoms with E-state index in [0.29, 0.717) is 23.7 Å². The van der Waals surface area contributed by atoms with Crippen molar-refractivity contribution in [1.82, 2.24) is 10.2 Å². The van der Waals surface area contributed by atoms with Crippen LogP contribution in [0.4, 0.5) is 0 Å². The fraction of sp³-hybridized carbons (Fsp3) is 0.286. The molecule has 0 saturated carbocycles. The minimum absolute atomic E-state index is 0.187. The van der Waals surface area contributed by atoms with Crippen molar-refractivity contribution in [3.63, 3.8) is 0 Å². The van der Waals surface area contributed by atoms with Gasteiger partial charge in [0, 0.05) is 29.0 Å². The average molecular weight is 558 g/mol. The van der Waals surface area contributed by atoms with Crippen LogP contribution in [0.15, 0.2) is 77.3 Å². The topological polar surface area (TPSA) is 58.6 Å². The van der Waals surface area contributed by atoms with Crippen LogP contribution in [-0.2, 0) is 22.6 Å². The van der Waals surface area contributed by atoms with E-state index in [0.717, 1.165) is 27.6 Å². The summed E-state index contributed by atoms with van der Waals surface area (Å²) in [4.78, 5) is 28.4. The first kappa shape index (κ1) is 26.8. The lowest BCUT2D eigenvalue weighted by atomic mass is 10.0. The van der Waals surface area contributed by atoms with Gasteiger partial charge in [-0.05, 0) is 60.4 Å². The monoisotopic (exact) mass is 556 g/mol. The number of hydrogen-bond acceptors (Lipinski definition) is 3. The standard InChI is InChI=1S/C28H30BrClN2O3/c1-3-14-31-28(34)26(17-21-8-5-4-6-9-21)32(18-22-10-7-11-23(30)16-22)27(33)19-35-24-12-13-25(29)20(2)15-24/h4-13,15-16,26H,3,14,17-19H2,1-2H3,(H,31,34). The first-order valence-electron chi connectivity index (χ1n) is 11.6. The molecular formula is C28H30BrClN2O3. The van der Waals surface area contributed by atoms with E-state index in [1.54, 1.807) is 17.0 Å². The highest BCUT2D eigenvalue weighted by Crippen LogP contribution is 2.22. The zero-order chi connectivity index (χ0) is 25.2. The van der Waals surface area contributed by atoms with E-state index in [1.807, 2.05) is 74.5 Å². The van der Waals surface area contributed by atoms with Crippen LogP contribution in [0.5, 0.6) is 5.75 Å². The van der Waals surface area contributed by atoms with E-state index < -0.39 is 6.04 Å². The quantitative estimate of drug-likeness (QED) is 0.317. The molecule has 0 aliphatic rings. The van der Waals surface area contributed by atoms with Crippen LogP contribution in [-0.4, -0.2) is 35.9 Å². The molecule has 0 aliphatic carbocycles. The second-order valence-electron chi connectivity index (χ2n) is 8.35. The van der Waals surface area contributed by atoms with Crippen LogP contribution in [0.2, 0.25) is 5.02 Å². The molecule has 2 amide bonds. The summed E-state index contributed by atoms with van der Waals surface area (Å²) in [7, 11) is 0. The Morgan fingerprint density at radius 1 is 1.03 bits per heavy atom. The van der Waals surface area contributed by atoms with Crippen LogP contribution in [0.25, 0.3) is 0 Å². The molecule has 3 aromatic rings. The summed E-state index contributed by atoms with van der Waals surface area (Å²) < 4.78 is 6.80. The summed E-state index contributed by atoms with van der Waals surface area (Å²) in [6, 6.07) is 21.9. The summed E-state index contributed by atoms with van der Waals surface area (Å²) in [5.74, 6) is 0.125. The number of aryl methyl sites for hydroxylation is 1. The Kier molecular flexibility index (Phi) is 10.2. The van der Waals surface area contributed by atoms with Crippen molar-refractivity contribution in [2.45, 2.75) is 39.3 Å². The lowest BCUT2D eigenvalue weighted by Crippen LogP contribution is -2.51. The number of nitrogens with one attached hydrogen (secondary N) is 1. The molecule has 0 bridgehead atoms. The van der Waals surface area contributed by atoms with Gasteiger partial charge in [-0.1, -0.05) is 76.9 Å². The first-order chi connectivity index (χ1) is 16.9. The van der Waals surface area contributed by atoms with Crippen molar-refractivity contribution in [1.29, 1.82) is 0 Å². The third kappa shape index (κ3) is 8.11. The first-order valence-corrected chi connectivity index (χ1v) is 12.8. The van der Waals surface area contributed by atoms with Gasteiger partial charge in [0.2, 0.25) is 5.91 Å². The van der Waals surface area contributed by atoms with Crippen molar-refractivity contribution >= 4 is 39.3 Å². The third-order valence-corrected chi connectivity index (χ3v) is 6.68. The Bertz CT molecular complexity index is 1140. The third-order valence-electron chi connectivity index (χ3n) is 5.55. The molecule has 1 unspecified atom stereocenters. The molecule has 184 valence electrons. The maximum Gasteiger partial charge on any atom is 0.261 e. The summed E-state index contributed by atoms with van der Waals surface area (Å²) in [6.45, 7) is 4.54. The zero-order valence-electron chi connectivity index (χ0n) is 20.0. The number of rotatable bonds is 11. The van der Waals surface area contributed by atoms with Gasteiger partial charge in [0.15, 0.2) is 6.61 Å². The number of carbonyl (C=O) groups excluding carboxylic acids is 2. The van der Waals surface area contributed by atoms with Crippen molar-refractivity contribution in [3.8, 4) is 5.75 Å². The summed E-state index contributed by atoms with van der Waals surface area (Å²) in [5.41, 5.74) is 2.82. The summed E-state index contributed by atoms with van der Waals surface area (Å²) >= 11 is 9.68. The molecule has 3 aromatic carbocycles. The smallest absolute Gasteiger partial charge is 0.261 e. The Labute approximate surface area is 220 Å². The normalized spacial score (nSPS) is 11.5. The molecule has 0 heterocycles. The summed E-state index contributed by atoms with van der Waals surface area (Å²) in [5, 5.41) is 3.54. The van der Waals surface area contributed by atoms with Gasteiger partial charge in [-0.15, -0.1) is 0 Å². The fourth-order valence-corrected chi connectivity index (χ4v) is 4.15. The van der Waals surface area contributed by atoms with Gasteiger partial charge in [0.1, 0.15) is 11.8 Å². The van der Waals surface area contributed by atoms with Crippen LogP contribution in [0, 0.1) is 6.92 Å². The zero-order valence-corrected chi connectivity index (χ0v) is 22.3. The number of hydrogen-bond donors (Lipinski definition) is 1. The average Bonchev–Trinajstić information content (AvgIpc) is 2.86. The largest absolute Gasteiger partial charge is 0.484 e. The van der Waals surface area contributed by atoms with E-state index in [2.05, 4.69) is 21.2 Å². The van der Waals surface area contributed by atoms with E-state index >= 15 is 0 Å². The highest BCUT2D eigenvalue weighted by Gasteiger charge is 2.30. The van der Waals surface area contributed by atoms with Gasteiger partial charge < -0.3 is 15.0 Å².